The quantitative estimate of drug-likeness (QED) is 0.646. The number of rotatable bonds is 5. The van der Waals surface area contributed by atoms with E-state index in [1.54, 1.807) is 0 Å². The molecular formula is C17H26N2O2. The molecular weight excluding hydrogens is 264 g/mol. The van der Waals surface area contributed by atoms with Crippen LogP contribution in [0.3, 0.4) is 0 Å². The summed E-state index contributed by atoms with van der Waals surface area (Å²) in [6.07, 6.45) is 5.85. The van der Waals surface area contributed by atoms with Crippen LogP contribution >= 0.6 is 0 Å². The first-order valence-electron chi connectivity index (χ1n) is 8.10. The van der Waals surface area contributed by atoms with Gasteiger partial charge in [0.15, 0.2) is 0 Å². The van der Waals surface area contributed by atoms with Crippen LogP contribution in [0.4, 0.5) is 0 Å². The predicted molar refractivity (Wildman–Crippen MR) is 82.9 cm³/mol. The molecule has 2 fully saturated rings. The molecule has 1 saturated heterocycles. The number of nitrogens with one attached hydrogen (secondary N) is 1. The Hall–Kier alpha value is -1.10. The van der Waals surface area contributed by atoms with Crippen LogP contribution < -0.4 is 16.0 Å². The van der Waals surface area contributed by atoms with Crippen molar-refractivity contribution in [2.24, 2.45) is 11.8 Å². The molecule has 2 atom stereocenters. The third-order valence-electron chi connectivity index (χ3n) is 5.00. The number of hydrazine groups is 1. The smallest absolute Gasteiger partial charge is 0.124 e. The number of para-hydroxylation sites is 1. The van der Waals surface area contributed by atoms with E-state index in [0.717, 1.165) is 25.2 Å². The average molecular weight is 290 g/mol. The molecule has 1 heterocycles. The highest BCUT2D eigenvalue weighted by molar-refractivity contribution is 5.36. The van der Waals surface area contributed by atoms with Crippen molar-refractivity contribution in [1.29, 1.82) is 0 Å². The summed E-state index contributed by atoms with van der Waals surface area (Å²) in [5.41, 5.74) is 4.34. The summed E-state index contributed by atoms with van der Waals surface area (Å²) in [4.78, 5) is 0. The van der Waals surface area contributed by atoms with E-state index in [9.17, 15) is 0 Å². The van der Waals surface area contributed by atoms with E-state index in [4.69, 9.17) is 15.3 Å². The van der Waals surface area contributed by atoms with Gasteiger partial charge in [0.05, 0.1) is 18.2 Å². The number of ether oxygens (including phenoxy) is 2. The van der Waals surface area contributed by atoms with E-state index < -0.39 is 0 Å². The third kappa shape index (κ3) is 2.93. The molecule has 0 bridgehead atoms. The Morgan fingerprint density at radius 1 is 1.43 bits per heavy atom. The third-order valence-corrected chi connectivity index (χ3v) is 5.00. The highest BCUT2D eigenvalue weighted by Crippen LogP contribution is 2.47. The standard InChI is InChI=1S/C17H26N2O2/c1-2-20-15-7-4-3-6-14(15)16(19-18)13-8-11-21-17(12-13)9-5-10-17/h3-4,6-7,13,16,19H,2,5,8-12,18H2,1H3. The van der Waals surface area contributed by atoms with Gasteiger partial charge in [-0.2, -0.15) is 0 Å². The molecule has 0 radical (unpaired) electrons. The van der Waals surface area contributed by atoms with Crippen LogP contribution in [0.5, 0.6) is 5.75 Å². The van der Waals surface area contributed by atoms with Gasteiger partial charge in [0.1, 0.15) is 5.75 Å². The first-order valence-corrected chi connectivity index (χ1v) is 8.10. The molecule has 1 aliphatic heterocycles. The Morgan fingerprint density at radius 3 is 2.90 bits per heavy atom. The zero-order chi connectivity index (χ0) is 14.7. The Kier molecular flexibility index (Phi) is 4.48. The van der Waals surface area contributed by atoms with Crippen LogP contribution in [-0.2, 0) is 4.74 Å². The van der Waals surface area contributed by atoms with Crippen LogP contribution in [0.1, 0.15) is 50.6 Å². The van der Waals surface area contributed by atoms with E-state index in [1.807, 2.05) is 19.1 Å². The lowest BCUT2D eigenvalue weighted by atomic mass is 9.69. The topological polar surface area (TPSA) is 56.5 Å². The van der Waals surface area contributed by atoms with E-state index in [2.05, 4.69) is 17.6 Å². The SMILES string of the molecule is CCOc1ccccc1C(NN)C1CCOC2(CCC2)C1. The Morgan fingerprint density at radius 2 is 2.24 bits per heavy atom. The molecule has 4 heteroatoms. The molecule has 1 saturated carbocycles. The Labute approximate surface area is 127 Å². The maximum atomic E-state index is 6.04. The lowest BCUT2D eigenvalue weighted by Gasteiger charge is -2.48. The average Bonchev–Trinajstić information content (AvgIpc) is 2.49. The van der Waals surface area contributed by atoms with Gasteiger partial charge in [-0.25, -0.2) is 0 Å². The van der Waals surface area contributed by atoms with Crippen molar-refractivity contribution in [3.8, 4) is 5.75 Å². The molecule has 2 aliphatic rings. The fraction of sp³-hybridized carbons (Fsp3) is 0.647. The molecule has 1 aromatic carbocycles. The lowest BCUT2D eigenvalue weighted by molar-refractivity contribution is -0.147. The van der Waals surface area contributed by atoms with Gasteiger partial charge < -0.3 is 9.47 Å². The molecule has 1 aromatic rings. The predicted octanol–water partition coefficient (Wildman–Crippen LogP) is 2.94. The fourth-order valence-corrected chi connectivity index (χ4v) is 3.77. The summed E-state index contributed by atoms with van der Waals surface area (Å²) >= 11 is 0. The molecule has 3 N–H and O–H groups in total. The molecule has 3 rings (SSSR count). The zero-order valence-electron chi connectivity index (χ0n) is 12.8. The minimum Gasteiger partial charge on any atom is -0.494 e. The van der Waals surface area contributed by atoms with Gasteiger partial charge in [0.25, 0.3) is 0 Å². The molecule has 1 aliphatic carbocycles. The second-order valence-corrected chi connectivity index (χ2v) is 6.25. The Balaban J connectivity index is 1.81. The van der Waals surface area contributed by atoms with Gasteiger partial charge in [-0.05, 0) is 51.0 Å². The van der Waals surface area contributed by atoms with E-state index >= 15 is 0 Å². The second kappa shape index (κ2) is 6.34. The molecule has 4 nitrogen and oxygen atoms in total. The molecule has 116 valence electrons. The first kappa shape index (κ1) is 14.8. The minimum absolute atomic E-state index is 0.133. The van der Waals surface area contributed by atoms with Gasteiger partial charge >= 0.3 is 0 Å². The van der Waals surface area contributed by atoms with Crippen LogP contribution in [-0.4, -0.2) is 18.8 Å². The number of hydrogen-bond donors (Lipinski definition) is 2. The van der Waals surface area contributed by atoms with Crippen molar-refractivity contribution >= 4 is 0 Å². The van der Waals surface area contributed by atoms with E-state index in [-0.39, 0.29) is 11.6 Å². The van der Waals surface area contributed by atoms with Gasteiger partial charge in [-0.15, -0.1) is 0 Å². The highest BCUT2D eigenvalue weighted by Gasteiger charge is 2.44. The van der Waals surface area contributed by atoms with Crippen LogP contribution in [0.25, 0.3) is 0 Å². The largest absolute Gasteiger partial charge is 0.494 e. The Bertz CT molecular complexity index is 474. The first-order chi connectivity index (χ1) is 10.3. The second-order valence-electron chi connectivity index (χ2n) is 6.25. The summed E-state index contributed by atoms with van der Waals surface area (Å²) in [6, 6.07) is 8.36. The lowest BCUT2D eigenvalue weighted by Crippen LogP contribution is -2.48. The maximum absolute atomic E-state index is 6.04. The molecule has 0 amide bonds. The number of hydrogen-bond acceptors (Lipinski definition) is 4. The van der Waals surface area contributed by atoms with Crippen molar-refractivity contribution in [3.05, 3.63) is 29.8 Å². The van der Waals surface area contributed by atoms with Gasteiger partial charge in [0, 0.05) is 12.2 Å². The monoisotopic (exact) mass is 290 g/mol. The van der Waals surface area contributed by atoms with Crippen LogP contribution in [0.2, 0.25) is 0 Å². The normalized spacial score (nSPS) is 25.3. The van der Waals surface area contributed by atoms with Crippen molar-refractivity contribution < 1.29 is 9.47 Å². The summed E-state index contributed by atoms with van der Waals surface area (Å²) in [5.74, 6) is 7.35. The number of benzene rings is 1. The fourth-order valence-electron chi connectivity index (χ4n) is 3.77. The molecule has 0 aromatic heterocycles. The highest BCUT2D eigenvalue weighted by atomic mass is 16.5. The van der Waals surface area contributed by atoms with Crippen LogP contribution in [0.15, 0.2) is 24.3 Å². The van der Waals surface area contributed by atoms with Gasteiger partial charge in [-0.3, -0.25) is 11.3 Å². The minimum atomic E-state index is 0.133. The van der Waals surface area contributed by atoms with E-state index in [1.165, 1.54) is 24.8 Å². The molecule has 2 unspecified atom stereocenters. The van der Waals surface area contributed by atoms with Gasteiger partial charge in [-0.1, -0.05) is 18.2 Å². The van der Waals surface area contributed by atoms with Crippen molar-refractivity contribution in [2.45, 2.75) is 50.7 Å². The molecule has 21 heavy (non-hydrogen) atoms. The summed E-state index contributed by atoms with van der Waals surface area (Å²) in [7, 11) is 0. The summed E-state index contributed by atoms with van der Waals surface area (Å²) in [6.45, 7) is 3.53. The summed E-state index contributed by atoms with van der Waals surface area (Å²) < 4.78 is 11.8. The maximum Gasteiger partial charge on any atom is 0.124 e. The van der Waals surface area contributed by atoms with E-state index in [0.29, 0.717) is 12.5 Å². The number of nitrogens with two attached hydrogens (primary N) is 1. The van der Waals surface area contributed by atoms with Crippen molar-refractivity contribution in [2.75, 3.05) is 13.2 Å². The van der Waals surface area contributed by atoms with Crippen LogP contribution in [0, 0.1) is 5.92 Å². The van der Waals surface area contributed by atoms with Gasteiger partial charge in [0.2, 0.25) is 0 Å². The summed E-state index contributed by atoms with van der Waals surface area (Å²) in [5, 5.41) is 0. The molecule has 1 spiro atoms. The van der Waals surface area contributed by atoms with Crippen molar-refractivity contribution in [1.82, 2.24) is 5.43 Å². The van der Waals surface area contributed by atoms with Crippen molar-refractivity contribution in [3.63, 3.8) is 0 Å². The zero-order valence-corrected chi connectivity index (χ0v) is 12.8.